The molecule has 0 spiro atoms. The van der Waals surface area contributed by atoms with Crippen LogP contribution in [0, 0.1) is 23.7 Å². The summed E-state index contributed by atoms with van der Waals surface area (Å²) < 4.78 is 5.66. The van der Waals surface area contributed by atoms with Crippen LogP contribution in [0.15, 0.2) is 0 Å². The number of fused-ring (bicyclic) bond motifs is 2. The fourth-order valence-corrected chi connectivity index (χ4v) is 4.57. The molecule has 100 valence electrons. The van der Waals surface area contributed by atoms with Crippen LogP contribution in [0.2, 0.25) is 0 Å². The van der Waals surface area contributed by atoms with Crippen molar-refractivity contribution >= 4 is 5.91 Å². The van der Waals surface area contributed by atoms with Crippen LogP contribution in [-0.4, -0.2) is 30.7 Å². The zero-order valence-corrected chi connectivity index (χ0v) is 10.7. The Kier molecular flexibility index (Phi) is 2.46. The van der Waals surface area contributed by atoms with Crippen molar-refractivity contribution < 1.29 is 9.53 Å². The molecule has 4 aliphatic rings. The van der Waals surface area contributed by atoms with Crippen molar-refractivity contribution in [1.29, 1.82) is 0 Å². The summed E-state index contributed by atoms with van der Waals surface area (Å²) >= 11 is 0. The van der Waals surface area contributed by atoms with Gasteiger partial charge in [-0.25, -0.2) is 0 Å². The van der Waals surface area contributed by atoms with Crippen molar-refractivity contribution in [3.8, 4) is 0 Å². The highest BCUT2D eigenvalue weighted by molar-refractivity contribution is 5.82. The minimum atomic E-state index is 0.0765. The molecule has 6 unspecified atom stereocenters. The summed E-state index contributed by atoms with van der Waals surface area (Å²) in [7, 11) is 0. The number of hydrogen-bond donors (Lipinski definition) is 2. The van der Waals surface area contributed by atoms with E-state index >= 15 is 0 Å². The van der Waals surface area contributed by atoms with Gasteiger partial charge in [-0.3, -0.25) is 4.79 Å². The average molecular weight is 250 g/mol. The molecule has 0 bridgehead atoms. The highest BCUT2D eigenvalue weighted by atomic mass is 16.5. The van der Waals surface area contributed by atoms with Crippen LogP contribution in [0.5, 0.6) is 0 Å². The second-order valence-corrected chi connectivity index (χ2v) is 6.54. The van der Waals surface area contributed by atoms with E-state index in [1.807, 2.05) is 0 Å². The standard InChI is InChI=1S/C14H22N2O2/c15-11-9-5-6-18-13(9)12(11)16-14(17)10-7-3-1-2-4-8(7)10/h7-13H,1-6,15H2,(H,16,17). The largest absolute Gasteiger partial charge is 0.376 e. The number of hydrogen-bond acceptors (Lipinski definition) is 3. The Hall–Kier alpha value is -0.610. The number of carbonyl (C=O) groups excluding carboxylic acids is 1. The minimum Gasteiger partial charge on any atom is -0.376 e. The lowest BCUT2D eigenvalue weighted by Crippen LogP contribution is -2.69. The van der Waals surface area contributed by atoms with Crippen molar-refractivity contribution in [1.82, 2.24) is 5.32 Å². The first-order chi connectivity index (χ1) is 8.77. The maximum atomic E-state index is 12.3. The lowest BCUT2D eigenvalue weighted by molar-refractivity contribution is -0.127. The van der Waals surface area contributed by atoms with E-state index in [0.29, 0.717) is 23.7 Å². The lowest BCUT2D eigenvalue weighted by atomic mass is 9.72. The zero-order chi connectivity index (χ0) is 12.3. The molecule has 1 saturated heterocycles. The number of nitrogens with two attached hydrogens (primary N) is 1. The number of ether oxygens (including phenoxy) is 1. The molecule has 0 aromatic carbocycles. The predicted octanol–water partition coefficient (Wildman–Crippen LogP) is 0.653. The lowest BCUT2D eigenvalue weighted by Gasteiger charge is -2.45. The average Bonchev–Trinajstić information content (AvgIpc) is 2.96. The molecule has 4 fully saturated rings. The summed E-state index contributed by atoms with van der Waals surface area (Å²) in [5.74, 6) is 2.38. The van der Waals surface area contributed by atoms with Gasteiger partial charge in [0.25, 0.3) is 0 Å². The van der Waals surface area contributed by atoms with E-state index in [4.69, 9.17) is 10.5 Å². The fourth-order valence-electron chi connectivity index (χ4n) is 4.57. The molecule has 0 radical (unpaired) electrons. The van der Waals surface area contributed by atoms with Gasteiger partial charge in [-0.15, -0.1) is 0 Å². The quantitative estimate of drug-likeness (QED) is 0.756. The minimum absolute atomic E-state index is 0.0765. The molecule has 1 heterocycles. The van der Waals surface area contributed by atoms with Gasteiger partial charge in [-0.2, -0.15) is 0 Å². The number of rotatable bonds is 2. The Bertz CT molecular complexity index is 361. The molecule has 4 nitrogen and oxygen atoms in total. The van der Waals surface area contributed by atoms with E-state index in [2.05, 4.69) is 5.32 Å². The van der Waals surface area contributed by atoms with Gasteiger partial charge in [0.1, 0.15) is 0 Å². The second kappa shape index (κ2) is 3.94. The summed E-state index contributed by atoms with van der Waals surface area (Å²) in [5, 5.41) is 3.17. The highest BCUT2D eigenvalue weighted by Gasteiger charge is 2.58. The number of amides is 1. The van der Waals surface area contributed by atoms with E-state index in [-0.39, 0.29) is 24.1 Å². The molecule has 3 N–H and O–H groups in total. The molecule has 1 amide bonds. The summed E-state index contributed by atoms with van der Waals surface area (Å²) in [6.45, 7) is 0.810. The van der Waals surface area contributed by atoms with Crippen LogP contribution in [0.3, 0.4) is 0 Å². The van der Waals surface area contributed by atoms with Gasteiger partial charge < -0.3 is 15.8 Å². The van der Waals surface area contributed by atoms with Crippen LogP contribution in [0.1, 0.15) is 32.1 Å². The number of carbonyl (C=O) groups is 1. The Balaban J connectivity index is 1.36. The maximum absolute atomic E-state index is 12.3. The van der Waals surface area contributed by atoms with Crippen molar-refractivity contribution in [3.05, 3.63) is 0 Å². The molecule has 3 aliphatic carbocycles. The van der Waals surface area contributed by atoms with Crippen LogP contribution in [-0.2, 0) is 9.53 Å². The third kappa shape index (κ3) is 1.48. The van der Waals surface area contributed by atoms with Crippen LogP contribution < -0.4 is 11.1 Å². The summed E-state index contributed by atoms with van der Waals surface area (Å²) in [6, 6.07) is 0.190. The van der Waals surface area contributed by atoms with Gasteiger partial charge in [0.15, 0.2) is 0 Å². The van der Waals surface area contributed by atoms with Gasteiger partial charge in [0, 0.05) is 24.5 Å². The molecule has 6 atom stereocenters. The Morgan fingerprint density at radius 2 is 1.83 bits per heavy atom. The zero-order valence-electron chi connectivity index (χ0n) is 10.7. The Labute approximate surface area is 108 Å². The summed E-state index contributed by atoms with van der Waals surface area (Å²) in [6.07, 6.45) is 6.38. The first-order valence-corrected chi connectivity index (χ1v) is 7.45. The third-order valence-corrected chi connectivity index (χ3v) is 5.71. The van der Waals surface area contributed by atoms with Crippen molar-refractivity contribution in [2.24, 2.45) is 29.4 Å². The predicted molar refractivity (Wildman–Crippen MR) is 66.7 cm³/mol. The van der Waals surface area contributed by atoms with Crippen molar-refractivity contribution in [2.75, 3.05) is 6.61 Å². The molecule has 0 aromatic heterocycles. The number of nitrogens with one attached hydrogen (secondary N) is 1. The van der Waals surface area contributed by atoms with Gasteiger partial charge in [-0.1, -0.05) is 12.8 Å². The Morgan fingerprint density at radius 1 is 1.11 bits per heavy atom. The summed E-state index contributed by atoms with van der Waals surface area (Å²) in [5.41, 5.74) is 6.13. The first-order valence-electron chi connectivity index (χ1n) is 7.45. The fraction of sp³-hybridized carbons (Fsp3) is 0.929. The molecule has 1 aliphatic heterocycles. The van der Waals surface area contributed by atoms with E-state index in [1.165, 1.54) is 25.7 Å². The SMILES string of the molecule is NC1C2CCOC2C1NC(=O)C1C2CCCCC21. The second-order valence-electron chi connectivity index (χ2n) is 6.54. The van der Waals surface area contributed by atoms with Crippen LogP contribution in [0.25, 0.3) is 0 Å². The molecule has 0 aromatic rings. The molecule has 3 saturated carbocycles. The van der Waals surface area contributed by atoms with Crippen LogP contribution in [0.4, 0.5) is 0 Å². The van der Waals surface area contributed by atoms with E-state index < -0.39 is 0 Å². The first kappa shape index (κ1) is 11.2. The molecule has 18 heavy (non-hydrogen) atoms. The normalized spacial score (nSPS) is 53.1. The smallest absolute Gasteiger partial charge is 0.224 e. The monoisotopic (exact) mass is 250 g/mol. The molecular weight excluding hydrogens is 228 g/mol. The third-order valence-electron chi connectivity index (χ3n) is 5.71. The van der Waals surface area contributed by atoms with Gasteiger partial charge in [0.2, 0.25) is 5.91 Å². The molecular formula is C14H22N2O2. The highest BCUT2D eigenvalue weighted by Crippen LogP contribution is 2.55. The van der Waals surface area contributed by atoms with Crippen LogP contribution >= 0.6 is 0 Å². The molecule has 4 heteroatoms. The molecule has 4 rings (SSSR count). The van der Waals surface area contributed by atoms with Crippen molar-refractivity contribution in [2.45, 2.75) is 50.3 Å². The topological polar surface area (TPSA) is 64.3 Å². The summed E-state index contributed by atoms with van der Waals surface area (Å²) in [4.78, 5) is 12.3. The maximum Gasteiger partial charge on any atom is 0.224 e. The van der Waals surface area contributed by atoms with Crippen molar-refractivity contribution in [3.63, 3.8) is 0 Å². The van der Waals surface area contributed by atoms with Gasteiger partial charge >= 0.3 is 0 Å². The van der Waals surface area contributed by atoms with E-state index in [1.54, 1.807) is 0 Å². The van der Waals surface area contributed by atoms with Gasteiger partial charge in [-0.05, 0) is 31.1 Å². The van der Waals surface area contributed by atoms with Gasteiger partial charge in [0.05, 0.1) is 12.1 Å². The van der Waals surface area contributed by atoms with E-state index in [9.17, 15) is 4.79 Å². The Morgan fingerprint density at radius 3 is 2.56 bits per heavy atom. The van der Waals surface area contributed by atoms with E-state index in [0.717, 1.165) is 13.0 Å².